The molecule has 1 aromatic heterocycles. The van der Waals surface area contributed by atoms with Crippen molar-refractivity contribution in [3.63, 3.8) is 0 Å². The van der Waals surface area contributed by atoms with Crippen LogP contribution in [0, 0.1) is 0 Å². The van der Waals surface area contributed by atoms with Gasteiger partial charge in [0.2, 0.25) is 0 Å². The van der Waals surface area contributed by atoms with Gasteiger partial charge in [0.05, 0.1) is 0 Å². The van der Waals surface area contributed by atoms with Crippen LogP contribution in [0.25, 0.3) is 0 Å². The van der Waals surface area contributed by atoms with Crippen LogP contribution in [0.1, 0.15) is 33.9 Å². The third-order valence-electron chi connectivity index (χ3n) is 4.14. The van der Waals surface area contributed by atoms with Gasteiger partial charge in [-0.05, 0) is 30.5 Å². The summed E-state index contributed by atoms with van der Waals surface area (Å²) in [5.74, 6) is -0.0284. The molecule has 0 unspecified atom stereocenters. The summed E-state index contributed by atoms with van der Waals surface area (Å²) in [6.45, 7) is 1.10. The van der Waals surface area contributed by atoms with E-state index < -0.39 is 0 Å². The average Bonchev–Trinajstić information content (AvgIpc) is 3.14. The number of carbonyl (C=O) groups is 1. The fourth-order valence-corrected chi connectivity index (χ4v) is 3.63. The van der Waals surface area contributed by atoms with Crippen molar-refractivity contribution in [2.75, 3.05) is 13.6 Å². The average molecular weight is 380 g/mol. The lowest BCUT2D eigenvalue weighted by Gasteiger charge is -2.24. The number of aromatic nitrogens is 1. The molecule has 1 amide bonds. The van der Waals surface area contributed by atoms with Gasteiger partial charge in [-0.15, -0.1) is 11.3 Å². The smallest absolute Gasteiger partial charge is 0.273 e. The Morgan fingerprint density at radius 1 is 1.41 bits per heavy atom. The van der Waals surface area contributed by atoms with Gasteiger partial charge in [0.1, 0.15) is 10.7 Å². The van der Waals surface area contributed by atoms with Crippen molar-refractivity contribution < 1.29 is 4.79 Å². The molecule has 1 aromatic carbocycles. The first-order valence-corrected chi connectivity index (χ1v) is 8.87. The molecule has 116 valence electrons. The number of nitrogens with zero attached hydrogens (tertiary/aromatic N) is 2. The monoisotopic (exact) mass is 379 g/mol. The number of rotatable bonds is 5. The number of carbonyl (C=O) groups excluding carboxylic acids is 1. The predicted octanol–water partition coefficient (Wildman–Crippen LogP) is 3.17. The second-order valence-electron chi connectivity index (χ2n) is 5.78. The summed E-state index contributed by atoms with van der Waals surface area (Å²) in [6.07, 6.45) is 2.24. The van der Waals surface area contributed by atoms with Gasteiger partial charge in [-0.25, -0.2) is 4.98 Å². The second-order valence-corrected chi connectivity index (χ2v) is 7.64. The third kappa shape index (κ3) is 3.09. The van der Waals surface area contributed by atoms with Crippen molar-refractivity contribution in [2.45, 2.75) is 24.8 Å². The standard InChI is InChI=1S/C16H18BrN3OS/c1-20(15(21)13-9-22-14(8-18)19-13)10-16(6-7-16)11-2-4-12(17)5-3-11/h2-5,9H,6-8,10,18H2,1H3. The minimum Gasteiger partial charge on any atom is -0.339 e. The Morgan fingerprint density at radius 2 is 2.09 bits per heavy atom. The van der Waals surface area contributed by atoms with E-state index in [1.807, 2.05) is 7.05 Å². The zero-order valence-electron chi connectivity index (χ0n) is 12.4. The highest BCUT2D eigenvalue weighted by Gasteiger charge is 2.45. The molecule has 1 aliphatic carbocycles. The van der Waals surface area contributed by atoms with E-state index in [1.165, 1.54) is 16.9 Å². The third-order valence-corrected chi connectivity index (χ3v) is 5.54. The summed E-state index contributed by atoms with van der Waals surface area (Å²) in [4.78, 5) is 18.5. The molecule has 0 spiro atoms. The van der Waals surface area contributed by atoms with Crippen LogP contribution in [0.15, 0.2) is 34.1 Å². The number of halogens is 1. The van der Waals surface area contributed by atoms with Crippen molar-refractivity contribution >= 4 is 33.2 Å². The summed E-state index contributed by atoms with van der Waals surface area (Å²) in [7, 11) is 1.85. The number of nitrogens with two attached hydrogens (primary N) is 1. The van der Waals surface area contributed by atoms with E-state index >= 15 is 0 Å². The Hall–Kier alpha value is -1.24. The molecule has 4 nitrogen and oxygen atoms in total. The molecule has 2 aromatic rings. The van der Waals surface area contributed by atoms with Gasteiger partial charge in [0.25, 0.3) is 5.91 Å². The molecule has 0 saturated heterocycles. The van der Waals surface area contributed by atoms with Crippen LogP contribution in [-0.4, -0.2) is 29.4 Å². The van der Waals surface area contributed by atoms with Crippen molar-refractivity contribution in [2.24, 2.45) is 5.73 Å². The Kier molecular flexibility index (Phi) is 4.34. The van der Waals surface area contributed by atoms with Crippen LogP contribution in [0.2, 0.25) is 0 Å². The number of benzene rings is 1. The molecule has 0 radical (unpaired) electrons. The lowest BCUT2D eigenvalue weighted by molar-refractivity contribution is 0.0776. The van der Waals surface area contributed by atoms with Gasteiger partial charge in [0, 0.05) is 35.4 Å². The van der Waals surface area contributed by atoms with E-state index in [9.17, 15) is 4.79 Å². The lowest BCUT2D eigenvalue weighted by atomic mass is 9.95. The van der Waals surface area contributed by atoms with E-state index in [4.69, 9.17) is 5.73 Å². The molecule has 1 saturated carbocycles. The number of hydrogen-bond acceptors (Lipinski definition) is 4. The topological polar surface area (TPSA) is 59.2 Å². The van der Waals surface area contributed by atoms with E-state index in [0.717, 1.165) is 28.9 Å². The fraction of sp³-hybridized carbons (Fsp3) is 0.375. The number of hydrogen-bond donors (Lipinski definition) is 1. The minimum absolute atomic E-state index is 0.0284. The van der Waals surface area contributed by atoms with Gasteiger partial charge in [0.15, 0.2) is 0 Å². The molecular weight excluding hydrogens is 362 g/mol. The first kappa shape index (κ1) is 15.6. The number of likely N-dealkylation sites (N-methyl/N-ethyl adjacent to an activating group) is 1. The minimum atomic E-state index is -0.0284. The van der Waals surface area contributed by atoms with E-state index in [1.54, 1.807) is 10.3 Å². The van der Waals surface area contributed by atoms with E-state index in [0.29, 0.717) is 12.2 Å². The lowest BCUT2D eigenvalue weighted by Crippen LogP contribution is -2.34. The SMILES string of the molecule is CN(CC1(c2ccc(Br)cc2)CC1)C(=O)c1csc(CN)n1. The van der Waals surface area contributed by atoms with Crippen LogP contribution in [0.4, 0.5) is 0 Å². The summed E-state index contributed by atoms with van der Waals surface area (Å²) in [5.41, 5.74) is 7.47. The van der Waals surface area contributed by atoms with Gasteiger partial charge in [-0.2, -0.15) is 0 Å². The van der Waals surface area contributed by atoms with Crippen LogP contribution in [0.5, 0.6) is 0 Å². The van der Waals surface area contributed by atoms with Gasteiger partial charge in [-0.3, -0.25) is 4.79 Å². The van der Waals surface area contributed by atoms with Gasteiger partial charge >= 0.3 is 0 Å². The summed E-state index contributed by atoms with van der Waals surface area (Å²) < 4.78 is 1.08. The van der Waals surface area contributed by atoms with Crippen LogP contribution < -0.4 is 5.73 Å². The largest absolute Gasteiger partial charge is 0.339 e. The summed E-state index contributed by atoms with van der Waals surface area (Å²) in [5, 5.41) is 2.59. The maximum absolute atomic E-state index is 12.5. The molecule has 1 heterocycles. The first-order valence-electron chi connectivity index (χ1n) is 7.20. The summed E-state index contributed by atoms with van der Waals surface area (Å²) in [6, 6.07) is 8.41. The van der Waals surface area contributed by atoms with Crippen LogP contribution >= 0.6 is 27.3 Å². The van der Waals surface area contributed by atoms with Gasteiger partial charge in [-0.1, -0.05) is 28.1 Å². The molecule has 22 heavy (non-hydrogen) atoms. The highest BCUT2D eigenvalue weighted by Crippen LogP contribution is 2.48. The highest BCUT2D eigenvalue weighted by atomic mass is 79.9. The molecule has 0 aliphatic heterocycles. The van der Waals surface area contributed by atoms with Crippen molar-refractivity contribution in [1.29, 1.82) is 0 Å². The van der Waals surface area contributed by atoms with E-state index in [2.05, 4.69) is 45.2 Å². The second kappa shape index (κ2) is 6.10. The van der Waals surface area contributed by atoms with E-state index in [-0.39, 0.29) is 11.3 Å². The Bertz CT molecular complexity index is 679. The maximum atomic E-state index is 12.5. The number of amides is 1. The Balaban J connectivity index is 1.72. The number of thiazole rings is 1. The first-order chi connectivity index (χ1) is 10.5. The molecule has 6 heteroatoms. The molecule has 3 rings (SSSR count). The molecule has 1 fully saturated rings. The zero-order valence-corrected chi connectivity index (χ0v) is 14.8. The fourth-order valence-electron chi connectivity index (χ4n) is 2.72. The van der Waals surface area contributed by atoms with Crippen molar-refractivity contribution in [3.05, 3.63) is 50.4 Å². The Labute approximate surface area is 142 Å². The molecular formula is C16H18BrN3OS. The van der Waals surface area contributed by atoms with Crippen LogP contribution in [-0.2, 0) is 12.0 Å². The molecule has 0 bridgehead atoms. The Morgan fingerprint density at radius 3 is 2.64 bits per heavy atom. The quantitative estimate of drug-likeness (QED) is 0.867. The summed E-state index contributed by atoms with van der Waals surface area (Å²) >= 11 is 4.90. The normalized spacial score (nSPS) is 15.6. The van der Waals surface area contributed by atoms with Crippen molar-refractivity contribution in [3.8, 4) is 0 Å². The van der Waals surface area contributed by atoms with Crippen LogP contribution in [0.3, 0.4) is 0 Å². The highest BCUT2D eigenvalue weighted by molar-refractivity contribution is 9.10. The molecule has 0 atom stereocenters. The predicted molar refractivity (Wildman–Crippen MR) is 92.0 cm³/mol. The molecule has 2 N–H and O–H groups in total. The van der Waals surface area contributed by atoms with Crippen molar-refractivity contribution in [1.82, 2.24) is 9.88 Å². The maximum Gasteiger partial charge on any atom is 0.273 e. The molecule has 1 aliphatic rings. The van der Waals surface area contributed by atoms with Gasteiger partial charge < -0.3 is 10.6 Å². The zero-order chi connectivity index (χ0) is 15.7.